The van der Waals surface area contributed by atoms with Crippen molar-refractivity contribution in [3.05, 3.63) is 34.9 Å². The monoisotopic (exact) mass is 294 g/mol. The molecule has 1 unspecified atom stereocenters. The summed E-state index contributed by atoms with van der Waals surface area (Å²) in [5.74, 6) is 0.745. The molecule has 0 amide bonds. The first-order valence-corrected chi connectivity index (χ1v) is 7.83. The van der Waals surface area contributed by atoms with E-state index in [0.717, 1.165) is 5.92 Å². The summed E-state index contributed by atoms with van der Waals surface area (Å²) in [5, 5.41) is 0. The predicted molar refractivity (Wildman–Crippen MR) is 79.0 cm³/mol. The Morgan fingerprint density at radius 1 is 1.18 bits per heavy atom. The van der Waals surface area contributed by atoms with Crippen LogP contribution in [-0.4, -0.2) is 4.83 Å². The lowest BCUT2D eigenvalue weighted by molar-refractivity contribution is 0.562. The van der Waals surface area contributed by atoms with Gasteiger partial charge in [0.25, 0.3) is 0 Å². The van der Waals surface area contributed by atoms with E-state index in [9.17, 15) is 0 Å². The first kappa shape index (κ1) is 13.1. The van der Waals surface area contributed by atoms with Gasteiger partial charge in [-0.1, -0.05) is 48.0 Å². The average molecular weight is 295 g/mol. The molecule has 0 radical (unpaired) electrons. The van der Waals surface area contributed by atoms with Crippen molar-refractivity contribution in [2.45, 2.75) is 57.2 Å². The molecule has 0 aliphatic heterocycles. The Balaban J connectivity index is 1.83. The minimum atomic E-state index is 0.678. The van der Waals surface area contributed by atoms with Crippen molar-refractivity contribution in [3.8, 4) is 0 Å². The van der Waals surface area contributed by atoms with Crippen molar-refractivity contribution in [2.75, 3.05) is 0 Å². The fraction of sp³-hybridized carbons (Fsp3) is 0.625. The normalized spacial score (nSPS) is 16.2. The van der Waals surface area contributed by atoms with Crippen LogP contribution in [-0.2, 0) is 19.3 Å². The maximum Gasteiger partial charge on any atom is 0.0168 e. The molecule has 0 fully saturated rings. The Kier molecular flexibility index (Phi) is 4.67. The van der Waals surface area contributed by atoms with Gasteiger partial charge in [0, 0.05) is 4.83 Å². The van der Waals surface area contributed by atoms with Gasteiger partial charge in [-0.05, 0) is 61.1 Å². The first-order chi connectivity index (χ1) is 8.16. The fourth-order valence-corrected chi connectivity index (χ4v) is 2.94. The molecule has 1 atom stereocenters. The molecule has 0 saturated heterocycles. The van der Waals surface area contributed by atoms with Crippen molar-refractivity contribution in [3.63, 3.8) is 0 Å². The lowest BCUT2D eigenvalue weighted by Crippen LogP contribution is -2.07. The number of aryl methyl sites for hydroxylation is 3. The average Bonchev–Trinajstić information content (AvgIpc) is 2.75. The Morgan fingerprint density at radius 2 is 1.94 bits per heavy atom. The minimum Gasteiger partial charge on any atom is -0.0888 e. The lowest BCUT2D eigenvalue weighted by Gasteiger charge is -2.13. The third-order valence-electron chi connectivity index (χ3n) is 3.83. The van der Waals surface area contributed by atoms with Gasteiger partial charge in [-0.25, -0.2) is 0 Å². The standard InChI is InChI=1S/C16H23Br/c1-12(2)16(17)8-3-5-13-9-10-14-6-4-7-15(14)11-13/h9-12,16H,3-8H2,1-2H3. The van der Waals surface area contributed by atoms with E-state index in [0.29, 0.717) is 4.83 Å². The van der Waals surface area contributed by atoms with E-state index >= 15 is 0 Å². The molecule has 0 bridgehead atoms. The number of benzene rings is 1. The largest absolute Gasteiger partial charge is 0.0888 e. The maximum absolute atomic E-state index is 3.77. The Labute approximate surface area is 114 Å². The summed E-state index contributed by atoms with van der Waals surface area (Å²) in [5.41, 5.74) is 4.74. The van der Waals surface area contributed by atoms with Crippen LogP contribution in [0.2, 0.25) is 0 Å². The van der Waals surface area contributed by atoms with Crippen LogP contribution in [0.15, 0.2) is 18.2 Å². The summed E-state index contributed by atoms with van der Waals surface area (Å²) in [6.45, 7) is 4.57. The lowest BCUT2D eigenvalue weighted by atomic mass is 10.00. The summed E-state index contributed by atoms with van der Waals surface area (Å²) in [7, 11) is 0. The third-order valence-corrected chi connectivity index (χ3v) is 5.35. The van der Waals surface area contributed by atoms with Crippen LogP contribution >= 0.6 is 15.9 Å². The second-order valence-corrected chi connectivity index (χ2v) is 6.79. The molecule has 17 heavy (non-hydrogen) atoms. The Bertz CT molecular complexity index is 368. The SMILES string of the molecule is CC(C)C(Br)CCCc1ccc2c(c1)CCC2. The molecular formula is C16H23Br. The zero-order chi connectivity index (χ0) is 12.3. The zero-order valence-corrected chi connectivity index (χ0v) is 12.6. The fourth-order valence-electron chi connectivity index (χ4n) is 2.62. The van der Waals surface area contributed by atoms with Gasteiger partial charge >= 0.3 is 0 Å². The summed E-state index contributed by atoms with van der Waals surface area (Å²) in [4.78, 5) is 0.678. The highest BCUT2D eigenvalue weighted by Crippen LogP contribution is 2.24. The van der Waals surface area contributed by atoms with E-state index in [4.69, 9.17) is 0 Å². The predicted octanol–water partition coefficient (Wildman–Crippen LogP) is 4.92. The number of hydrogen-bond donors (Lipinski definition) is 0. The van der Waals surface area contributed by atoms with Crippen LogP contribution in [0.3, 0.4) is 0 Å². The van der Waals surface area contributed by atoms with Crippen LogP contribution in [0, 0.1) is 5.92 Å². The van der Waals surface area contributed by atoms with Crippen LogP contribution in [0.1, 0.15) is 49.8 Å². The molecule has 0 nitrogen and oxygen atoms in total. The molecule has 1 aliphatic rings. The van der Waals surface area contributed by atoms with Crippen LogP contribution in [0.25, 0.3) is 0 Å². The molecule has 1 heteroatoms. The molecule has 0 N–H and O–H groups in total. The van der Waals surface area contributed by atoms with Gasteiger partial charge in [-0.2, -0.15) is 0 Å². The number of hydrogen-bond acceptors (Lipinski definition) is 0. The van der Waals surface area contributed by atoms with Gasteiger partial charge < -0.3 is 0 Å². The van der Waals surface area contributed by atoms with Gasteiger partial charge in [-0.3, -0.25) is 0 Å². The summed E-state index contributed by atoms with van der Waals surface area (Å²) < 4.78 is 0. The van der Waals surface area contributed by atoms with E-state index in [1.165, 1.54) is 44.1 Å². The minimum absolute atomic E-state index is 0.678. The molecule has 1 aromatic rings. The highest BCUT2D eigenvalue weighted by molar-refractivity contribution is 9.09. The number of halogens is 1. The van der Waals surface area contributed by atoms with Crippen molar-refractivity contribution in [1.29, 1.82) is 0 Å². The highest BCUT2D eigenvalue weighted by atomic mass is 79.9. The number of alkyl halides is 1. The van der Waals surface area contributed by atoms with Crippen LogP contribution in [0.5, 0.6) is 0 Å². The van der Waals surface area contributed by atoms with Gasteiger partial charge in [0.2, 0.25) is 0 Å². The third kappa shape index (κ3) is 3.58. The summed E-state index contributed by atoms with van der Waals surface area (Å²) in [6, 6.07) is 7.13. The van der Waals surface area contributed by atoms with Crippen LogP contribution in [0.4, 0.5) is 0 Å². The van der Waals surface area contributed by atoms with E-state index < -0.39 is 0 Å². The number of fused-ring (bicyclic) bond motifs is 1. The number of rotatable bonds is 5. The Hall–Kier alpha value is -0.300. The van der Waals surface area contributed by atoms with E-state index in [-0.39, 0.29) is 0 Å². The molecule has 2 rings (SSSR count). The maximum atomic E-state index is 3.77. The quantitative estimate of drug-likeness (QED) is 0.677. The van der Waals surface area contributed by atoms with Crippen molar-refractivity contribution in [2.24, 2.45) is 5.92 Å². The Morgan fingerprint density at radius 3 is 2.71 bits per heavy atom. The van der Waals surface area contributed by atoms with Crippen LogP contribution < -0.4 is 0 Å². The molecule has 1 aromatic carbocycles. The molecular weight excluding hydrogens is 272 g/mol. The van der Waals surface area contributed by atoms with Crippen molar-refractivity contribution >= 4 is 15.9 Å². The van der Waals surface area contributed by atoms with Gasteiger partial charge in [-0.15, -0.1) is 0 Å². The molecule has 94 valence electrons. The van der Waals surface area contributed by atoms with Gasteiger partial charge in [0.15, 0.2) is 0 Å². The molecule has 1 aliphatic carbocycles. The molecule has 0 heterocycles. The zero-order valence-electron chi connectivity index (χ0n) is 11.0. The molecule has 0 spiro atoms. The second kappa shape index (κ2) is 6.04. The van der Waals surface area contributed by atoms with E-state index in [2.05, 4.69) is 48.0 Å². The van der Waals surface area contributed by atoms with E-state index in [1.54, 1.807) is 11.1 Å². The van der Waals surface area contributed by atoms with Crippen molar-refractivity contribution in [1.82, 2.24) is 0 Å². The summed E-state index contributed by atoms with van der Waals surface area (Å²) in [6.07, 6.45) is 7.78. The topological polar surface area (TPSA) is 0 Å². The van der Waals surface area contributed by atoms with Crippen molar-refractivity contribution < 1.29 is 0 Å². The smallest absolute Gasteiger partial charge is 0.0168 e. The molecule has 0 saturated carbocycles. The highest BCUT2D eigenvalue weighted by Gasteiger charge is 2.11. The second-order valence-electron chi connectivity index (χ2n) is 5.61. The van der Waals surface area contributed by atoms with E-state index in [1.807, 2.05) is 0 Å². The van der Waals surface area contributed by atoms with Gasteiger partial charge in [0.05, 0.1) is 0 Å². The molecule has 0 aromatic heterocycles. The van der Waals surface area contributed by atoms with Gasteiger partial charge in [0.1, 0.15) is 0 Å². The first-order valence-electron chi connectivity index (χ1n) is 6.91. The summed E-state index contributed by atoms with van der Waals surface area (Å²) >= 11 is 3.77.